The summed E-state index contributed by atoms with van der Waals surface area (Å²) in [5.41, 5.74) is 1.33. The molecule has 0 aliphatic heterocycles. The second-order valence-electron chi connectivity index (χ2n) is 5.76. The van der Waals surface area contributed by atoms with Crippen LogP contribution < -0.4 is 0 Å². The van der Waals surface area contributed by atoms with Crippen LogP contribution in [0.15, 0.2) is 66.4 Å². The van der Waals surface area contributed by atoms with Gasteiger partial charge in [0.25, 0.3) is 0 Å². The Hall–Kier alpha value is -2.39. The molecule has 2 unspecified atom stereocenters. The largest absolute Gasteiger partial charge is 0.501 e. The first-order valence-electron chi connectivity index (χ1n) is 7.74. The third-order valence-corrected chi connectivity index (χ3v) is 4.67. The topological polar surface area (TPSA) is 43.4 Å². The van der Waals surface area contributed by atoms with E-state index in [1.54, 1.807) is 24.3 Å². The van der Waals surface area contributed by atoms with Crippen molar-refractivity contribution >= 4 is 23.2 Å². The summed E-state index contributed by atoms with van der Waals surface area (Å²) in [4.78, 5) is 25.7. The van der Waals surface area contributed by atoms with Crippen LogP contribution in [0.25, 0.3) is 0 Å². The molecule has 1 aliphatic carbocycles. The average Bonchev–Trinajstić information content (AvgIpc) is 2.61. The monoisotopic (exact) mass is 340 g/mol. The summed E-state index contributed by atoms with van der Waals surface area (Å²) in [6.07, 6.45) is 1.94. The van der Waals surface area contributed by atoms with Gasteiger partial charge >= 0.3 is 0 Å². The van der Waals surface area contributed by atoms with Crippen molar-refractivity contribution in [3.63, 3.8) is 0 Å². The van der Waals surface area contributed by atoms with Crippen molar-refractivity contribution in [1.82, 2.24) is 0 Å². The molecule has 0 amide bonds. The van der Waals surface area contributed by atoms with E-state index >= 15 is 0 Å². The van der Waals surface area contributed by atoms with Crippen LogP contribution in [0, 0.1) is 5.92 Å². The van der Waals surface area contributed by atoms with E-state index in [9.17, 15) is 9.59 Å². The Bertz CT molecular complexity index is 796. The van der Waals surface area contributed by atoms with Gasteiger partial charge in [-0.15, -0.1) is 0 Å². The molecular formula is C20H17ClO3. The fourth-order valence-corrected chi connectivity index (χ4v) is 3.36. The highest BCUT2D eigenvalue weighted by Gasteiger charge is 2.39. The van der Waals surface area contributed by atoms with Gasteiger partial charge in [-0.05, 0) is 17.7 Å². The standard InChI is InChI=1S/C20H17ClO3/c1-24-14-11-16(13-7-3-2-4-8-13)19(18(22)12-14)20(23)15-9-5-6-10-17(15)21/h2-10,12,16,19H,11H2,1H3. The summed E-state index contributed by atoms with van der Waals surface area (Å²) < 4.78 is 5.27. The molecule has 1 aliphatic rings. The van der Waals surface area contributed by atoms with Crippen molar-refractivity contribution in [3.05, 3.63) is 82.6 Å². The molecule has 0 radical (unpaired) electrons. The quantitative estimate of drug-likeness (QED) is 0.611. The number of rotatable bonds is 4. The molecule has 0 bridgehead atoms. The van der Waals surface area contributed by atoms with Gasteiger partial charge in [0.1, 0.15) is 0 Å². The Morgan fingerprint density at radius 2 is 1.75 bits per heavy atom. The van der Waals surface area contributed by atoms with Crippen molar-refractivity contribution in [3.8, 4) is 0 Å². The number of Topliss-reactive ketones (excluding diaryl/α,β-unsaturated/α-hetero) is 1. The van der Waals surface area contributed by atoms with Crippen molar-refractivity contribution in [2.45, 2.75) is 12.3 Å². The Morgan fingerprint density at radius 3 is 2.42 bits per heavy atom. The Labute approximate surface area is 145 Å². The van der Waals surface area contributed by atoms with E-state index in [1.807, 2.05) is 30.3 Å². The molecule has 0 fully saturated rings. The highest BCUT2D eigenvalue weighted by molar-refractivity contribution is 6.34. The first-order chi connectivity index (χ1) is 11.6. The lowest BCUT2D eigenvalue weighted by Gasteiger charge is -2.29. The first-order valence-corrected chi connectivity index (χ1v) is 8.11. The van der Waals surface area contributed by atoms with Crippen LogP contribution in [-0.4, -0.2) is 18.7 Å². The predicted molar refractivity (Wildman–Crippen MR) is 93.2 cm³/mol. The van der Waals surface area contributed by atoms with Gasteiger partial charge in [-0.2, -0.15) is 0 Å². The summed E-state index contributed by atoms with van der Waals surface area (Å²) in [7, 11) is 1.54. The van der Waals surface area contributed by atoms with E-state index < -0.39 is 5.92 Å². The number of hydrogen-bond donors (Lipinski definition) is 0. The molecule has 0 aromatic heterocycles. The van der Waals surface area contributed by atoms with Gasteiger partial charge in [-0.3, -0.25) is 9.59 Å². The van der Waals surface area contributed by atoms with Crippen LogP contribution >= 0.6 is 11.6 Å². The molecular weight excluding hydrogens is 324 g/mol. The van der Waals surface area contributed by atoms with E-state index in [1.165, 1.54) is 13.2 Å². The van der Waals surface area contributed by atoms with Crippen LogP contribution in [-0.2, 0) is 9.53 Å². The van der Waals surface area contributed by atoms with Crippen LogP contribution in [0.2, 0.25) is 5.02 Å². The molecule has 0 heterocycles. The minimum Gasteiger partial charge on any atom is -0.501 e. The second kappa shape index (κ2) is 7.02. The molecule has 0 saturated heterocycles. The minimum absolute atomic E-state index is 0.239. The SMILES string of the molecule is COC1=CC(=O)C(C(=O)c2ccccc2Cl)C(c2ccccc2)C1. The average molecular weight is 341 g/mol. The fraction of sp³-hybridized carbons (Fsp3) is 0.200. The summed E-state index contributed by atoms with van der Waals surface area (Å²) in [5.74, 6) is -0.937. The third kappa shape index (κ3) is 3.13. The van der Waals surface area contributed by atoms with Gasteiger partial charge in [0.05, 0.1) is 23.8 Å². The molecule has 3 rings (SSSR count). The Balaban J connectivity index is 2.05. The van der Waals surface area contributed by atoms with Gasteiger partial charge in [0, 0.05) is 24.0 Å². The van der Waals surface area contributed by atoms with Crippen LogP contribution in [0.4, 0.5) is 0 Å². The number of methoxy groups -OCH3 is 1. The van der Waals surface area contributed by atoms with E-state index in [0.29, 0.717) is 22.8 Å². The van der Waals surface area contributed by atoms with Crippen LogP contribution in [0.5, 0.6) is 0 Å². The minimum atomic E-state index is -0.786. The van der Waals surface area contributed by atoms with Crippen LogP contribution in [0.1, 0.15) is 28.3 Å². The highest BCUT2D eigenvalue weighted by Crippen LogP contribution is 2.38. The number of allylic oxidation sites excluding steroid dienone is 2. The smallest absolute Gasteiger partial charge is 0.175 e. The van der Waals surface area contributed by atoms with Gasteiger partial charge in [0.15, 0.2) is 11.6 Å². The first kappa shape index (κ1) is 16.5. The lowest BCUT2D eigenvalue weighted by molar-refractivity contribution is -0.118. The number of benzene rings is 2. The Kier molecular flexibility index (Phi) is 4.81. The molecule has 0 N–H and O–H groups in total. The fourth-order valence-electron chi connectivity index (χ4n) is 3.13. The molecule has 2 aromatic rings. The summed E-state index contributed by atoms with van der Waals surface area (Å²) in [6, 6.07) is 16.4. The third-order valence-electron chi connectivity index (χ3n) is 4.34. The molecule has 0 spiro atoms. The number of hydrogen-bond acceptors (Lipinski definition) is 3. The number of carbonyl (C=O) groups is 2. The summed E-state index contributed by atoms with van der Waals surface area (Å²) in [5, 5.41) is 0.364. The molecule has 122 valence electrons. The normalized spacial score (nSPS) is 20.4. The highest BCUT2D eigenvalue weighted by atomic mass is 35.5. The lowest BCUT2D eigenvalue weighted by atomic mass is 9.73. The number of carbonyl (C=O) groups excluding carboxylic acids is 2. The van der Waals surface area contributed by atoms with Gasteiger partial charge < -0.3 is 4.74 Å². The van der Waals surface area contributed by atoms with Gasteiger partial charge in [-0.25, -0.2) is 0 Å². The van der Waals surface area contributed by atoms with E-state index in [-0.39, 0.29) is 17.5 Å². The van der Waals surface area contributed by atoms with Crippen LogP contribution in [0.3, 0.4) is 0 Å². The van der Waals surface area contributed by atoms with Gasteiger partial charge in [0.2, 0.25) is 0 Å². The Morgan fingerprint density at radius 1 is 1.08 bits per heavy atom. The number of ketones is 2. The zero-order chi connectivity index (χ0) is 17.1. The lowest BCUT2D eigenvalue weighted by Crippen LogP contribution is -2.33. The zero-order valence-electron chi connectivity index (χ0n) is 13.2. The molecule has 2 aromatic carbocycles. The summed E-state index contributed by atoms with van der Waals surface area (Å²) in [6.45, 7) is 0. The molecule has 3 nitrogen and oxygen atoms in total. The molecule has 0 saturated carbocycles. The maximum Gasteiger partial charge on any atom is 0.175 e. The second-order valence-corrected chi connectivity index (χ2v) is 6.17. The summed E-state index contributed by atoms with van der Waals surface area (Å²) >= 11 is 6.16. The van der Waals surface area contributed by atoms with Crippen molar-refractivity contribution in [2.24, 2.45) is 5.92 Å². The number of halogens is 1. The maximum absolute atomic E-state index is 13.0. The molecule has 24 heavy (non-hydrogen) atoms. The van der Waals surface area contributed by atoms with E-state index in [0.717, 1.165) is 5.56 Å². The van der Waals surface area contributed by atoms with Crippen molar-refractivity contribution in [2.75, 3.05) is 7.11 Å². The molecule has 2 atom stereocenters. The van der Waals surface area contributed by atoms with E-state index in [2.05, 4.69) is 0 Å². The maximum atomic E-state index is 13.0. The zero-order valence-corrected chi connectivity index (χ0v) is 14.0. The number of ether oxygens (including phenoxy) is 1. The van der Waals surface area contributed by atoms with Crippen molar-refractivity contribution in [1.29, 1.82) is 0 Å². The van der Waals surface area contributed by atoms with E-state index in [4.69, 9.17) is 16.3 Å². The predicted octanol–water partition coefficient (Wildman–Crippen LogP) is 4.43. The van der Waals surface area contributed by atoms with Crippen molar-refractivity contribution < 1.29 is 14.3 Å². The molecule has 4 heteroatoms. The van der Waals surface area contributed by atoms with Gasteiger partial charge in [-0.1, -0.05) is 54.1 Å².